The summed E-state index contributed by atoms with van der Waals surface area (Å²) < 4.78 is 10.4. The van der Waals surface area contributed by atoms with Crippen LogP contribution < -0.4 is 5.43 Å². The van der Waals surface area contributed by atoms with Crippen molar-refractivity contribution in [3.8, 4) is 5.75 Å². The van der Waals surface area contributed by atoms with Crippen LogP contribution in [0.3, 0.4) is 0 Å². The maximum atomic E-state index is 11.1. The molecule has 1 saturated heterocycles. The van der Waals surface area contributed by atoms with E-state index in [0.29, 0.717) is 12.2 Å². The third-order valence-corrected chi connectivity index (χ3v) is 2.69. The van der Waals surface area contributed by atoms with Crippen LogP contribution in [0, 0.1) is 0 Å². The molecule has 0 atom stereocenters. The lowest BCUT2D eigenvalue weighted by Crippen LogP contribution is -2.37. The second-order valence-corrected chi connectivity index (χ2v) is 3.76. The molecular formula is C11H15NO4. The van der Waals surface area contributed by atoms with Crippen LogP contribution in [-0.4, -0.2) is 42.9 Å². The second-order valence-electron chi connectivity index (χ2n) is 3.76. The van der Waals surface area contributed by atoms with Crippen molar-refractivity contribution in [2.75, 3.05) is 32.8 Å². The molecule has 1 N–H and O–H groups in total. The summed E-state index contributed by atoms with van der Waals surface area (Å²) in [6, 6.07) is 1.22. The van der Waals surface area contributed by atoms with E-state index in [0.717, 1.165) is 32.8 Å². The molecule has 2 rings (SSSR count). The van der Waals surface area contributed by atoms with Crippen LogP contribution in [-0.2, 0) is 11.2 Å². The Morgan fingerprint density at radius 3 is 2.88 bits per heavy atom. The van der Waals surface area contributed by atoms with Crippen LogP contribution in [0.4, 0.5) is 0 Å². The lowest BCUT2D eigenvalue weighted by atomic mass is 10.2. The second kappa shape index (κ2) is 5.14. The summed E-state index contributed by atoms with van der Waals surface area (Å²) in [5.41, 5.74) is -0.386. The summed E-state index contributed by atoms with van der Waals surface area (Å²) in [4.78, 5) is 13.4. The predicted molar refractivity (Wildman–Crippen MR) is 57.6 cm³/mol. The van der Waals surface area contributed by atoms with Gasteiger partial charge in [-0.15, -0.1) is 0 Å². The molecule has 0 radical (unpaired) electrons. The van der Waals surface area contributed by atoms with Crippen LogP contribution in [0.1, 0.15) is 5.76 Å². The highest BCUT2D eigenvalue weighted by Crippen LogP contribution is 2.12. The Hall–Kier alpha value is -1.33. The first-order valence-corrected chi connectivity index (χ1v) is 5.37. The zero-order valence-electron chi connectivity index (χ0n) is 9.02. The van der Waals surface area contributed by atoms with Crippen LogP contribution in [0.15, 0.2) is 21.5 Å². The number of hydrogen-bond donors (Lipinski definition) is 1. The largest absolute Gasteiger partial charge is 0.502 e. The molecule has 0 spiro atoms. The van der Waals surface area contributed by atoms with E-state index in [1.54, 1.807) is 0 Å². The van der Waals surface area contributed by atoms with Gasteiger partial charge in [0.1, 0.15) is 0 Å². The van der Waals surface area contributed by atoms with Gasteiger partial charge in [0, 0.05) is 32.1 Å². The zero-order chi connectivity index (χ0) is 11.4. The molecule has 16 heavy (non-hydrogen) atoms. The number of nitrogens with zero attached hydrogens (tertiary/aromatic N) is 1. The van der Waals surface area contributed by atoms with Crippen molar-refractivity contribution in [3.05, 3.63) is 28.3 Å². The average Bonchev–Trinajstić information content (AvgIpc) is 2.32. The number of morpholine rings is 1. The van der Waals surface area contributed by atoms with Crippen LogP contribution in [0.5, 0.6) is 5.75 Å². The molecule has 1 fully saturated rings. The first-order chi connectivity index (χ1) is 7.77. The Morgan fingerprint density at radius 2 is 2.12 bits per heavy atom. The fourth-order valence-electron chi connectivity index (χ4n) is 1.71. The lowest BCUT2D eigenvalue weighted by molar-refractivity contribution is 0.0377. The van der Waals surface area contributed by atoms with Gasteiger partial charge < -0.3 is 14.3 Å². The quantitative estimate of drug-likeness (QED) is 0.797. The summed E-state index contributed by atoms with van der Waals surface area (Å²) >= 11 is 0. The van der Waals surface area contributed by atoms with Gasteiger partial charge in [-0.3, -0.25) is 9.69 Å². The predicted octanol–water partition coefficient (Wildman–Crippen LogP) is 0.220. The Kier molecular flexibility index (Phi) is 3.58. The van der Waals surface area contributed by atoms with Crippen molar-refractivity contribution in [1.82, 2.24) is 4.90 Å². The molecular weight excluding hydrogens is 210 g/mol. The van der Waals surface area contributed by atoms with Crippen molar-refractivity contribution in [1.29, 1.82) is 0 Å². The fraction of sp³-hybridized carbons (Fsp3) is 0.545. The average molecular weight is 225 g/mol. The summed E-state index contributed by atoms with van der Waals surface area (Å²) in [5.74, 6) is 0.0924. The molecule has 5 heteroatoms. The summed E-state index contributed by atoms with van der Waals surface area (Å²) in [7, 11) is 0. The third-order valence-electron chi connectivity index (χ3n) is 2.69. The highest BCUT2D eigenvalue weighted by molar-refractivity contribution is 5.22. The Labute approximate surface area is 93.2 Å². The molecule has 1 aliphatic rings. The van der Waals surface area contributed by atoms with Gasteiger partial charge in [0.05, 0.1) is 19.5 Å². The maximum Gasteiger partial charge on any atom is 0.226 e. The standard InChI is InChI=1S/C11H15NO4/c13-9-2-6-16-10(11(9)14)1-3-12-4-7-15-8-5-12/h2,6,14H,1,3-5,7-8H2. The Morgan fingerprint density at radius 1 is 1.38 bits per heavy atom. The van der Waals surface area contributed by atoms with Gasteiger partial charge in [0.15, 0.2) is 5.76 Å². The van der Waals surface area contributed by atoms with E-state index in [-0.39, 0.29) is 11.2 Å². The van der Waals surface area contributed by atoms with Gasteiger partial charge in [-0.2, -0.15) is 0 Å². The van der Waals surface area contributed by atoms with Gasteiger partial charge in [-0.25, -0.2) is 0 Å². The lowest BCUT2D eigenvalue weighted by Gasteiger charge is -2.26. The Balaban J connectivity index is 1.93. The van der Waals surface area contributed by atoms with Crippen molar-refractivity contribution >= 4 is 0 Å². The van der Waals surface area contributed by atoms with Gasteiger partial charge in [-0.05, 0) is 0 Å². The van der Waals surface area contributed by atoms with E-state index in [2.05, 4.69) is 4.90 Å². The minimum absolute atomic E-state index is 0.268. The van der Waals surface area contributed by atoms with Crippen LogP contribution >= 0.6 is 0 Å². The summed E-state index contributed by atoms with van der Waals surface area (Å²) in [6.45, 7) is 4.02. The first-order valence-electron chi connectivity index (χ1n) is 5.37. The van der Waals surface area contributed by atoms with Gasteiger partial charge in [0.25, 0.3) is 0 Å². The summed E-state index contributed by atoms with van der Waals surface area (Å²) in [5, 5.41) is 9.48. The molecule has 0 aromatic carbocycles. The van der Waals surface area contributed by atoms with E-state index in [4.69, 9.17) is 9.15 Å². The number of ether oxygens (including phenoxy) is 1. The SMILES string of the molecule is O=c1ccoc(CCN2CCOCC2)c1O. The first kappa shape index (κ1) is 11.2. The Bertz CT molecular complexity index is 395. The molecule has 1 aromatic heterocycles. The van der Waals surface area contributed by atoms with E-state index >= 15 is 0 Å². The molecule has 1 aromatic rings. The minimum atomic E-state index is -0.386. The topological polar surface area (TPSA) is 62.9 Å². The number of hydrogen-bond acceptors (Lipinski definition) is 5. The zero-order valence-corrected chi connectivity index (χ0v) is 9.02. The summed E-state index contributed by atoms with van der Waals surface area (Å²) in [6.07, 6.45) is 1.86. The molecule has 0 saturated carbocycles. The van der Waals surface area contributed by atoms with E-state index in [1.807, 2.05) is 0 Å². The minimum Gasteiger partial charge on any atom is -0.502 e. The van der Waals surface area contributed by atoms with Gasteiger partial charge >= 0.3 is 0 Å². The highest BCUT2D eigenvalue weighted by Gasteiger charge is 2.13. The van der Waals surface area contributed by atoms with Crippen molar-refractivity contribution in [3.63, 3.8) is 0 Å². The van der Waals surface area contributed by atoms with Crippen molar-refractivity contribution in [2.45, 2.75) is 6.42 Å². The normalized spacial score (nSPS) is 17.5. The number of rotatable bonds is 3. The van der Waals surface area contributed by atoms with Gasteiger partial charge in [-0.1, -0.05) is 0 Å². The highest BCUT2D eigenvalue weighted by atomic mass is 16.5. The van der Waals surface area contributed by atoms with E-state index in [1.165, 1.54) is 12.3 Å². The van der Waals surface area contributed by atoms with E-state index in [9.17, 15) is 9.90 Å². The molecule has 5 nitrogen and oxygen atoms in total. The molecule has 1 aliphatic heterocycles. The van der Waals surface area contributed by atoms with Crippen LogP contribution in [0.2, 0.25) is 0 Å². The van der Waals surface area contributed by atoms with Gasteiger partial charge in [0.2, 0.25) is 11.2 Å². The van der Waals surface area contributed by atoms with Crippen LogP contribution in [0.25, 0.3) is 0 Å². The molecule has 0 unspecified atom stereocenters. The fourth-order valence-corrected chi connectivity index (χ4v) is 1.71. The third kappa shape index (κ3) is 2.62. The monoisotopic (exact) mass is 225 g/mol. The molecule has 0 amide bonds. The molecule has 88 valence electrons. The molecule has 0 bridgehead atoms. The number of aromatic hydroxyl groups is 1. The van der Waals surface area contributed by atoms with E-state index < -0.39 is 0 Å². The molecule has 0 aliphatic carbocycles. The smallest absolute Gasteiger partial charge is 0.226 e. The van der Waals surface area contributed by atoms with Crippen molar-refractivity contribution in [2.24, 2.45) is 0 Å². The molecule has 2 heterocycles. The van der Waals surface area contributed by atoms with Crippen molar-refractivity contribution < 1.29 is 14.3 Å². The maximum absolute atomic E-state index is 11.1.